The molecular formula is C15H17N3O3S. The van der Waals surface area contributed by atoms with Crippen molar-refractivity contribution < 1.29 is 14.3 Å². The Balaban J connectivity index is 1.83. The molecule has 0 saturated carbocycles. The van der Waals surface area contributed by atoms with Crippen LogP contribution in [0.1, 0.15) is 35.1 Å². The molecule has 0 fully saturated rings. The third kappa shape index (κ3) is 4.36. The Morgan fingerprint density at radius 3 is 2.50 bits per heavy atom. The van der Waals surface area contributed by atoms with Gasteiger partial charge in [-0.3, -0.25) is 9.59 Å². The first-order chi connectivity index (χ1) is 10.6. The molecule has 0 bridgehead atoms. The number of benzene rings is 1. The predicted octanol–water partition coefficient (Wildman–Crippen LogP) is 2.71. The summed E-state index contributed by atoms with van der Waals surface area (Å²) in [6.45, 7) is 1.97. The van der Waals surface area contributed by atoms with Crippen molar-refractivity contribution in [3.05, 3.63) is 34.8 Å². The summed E-state index contributed by atoms with van der Waals surface area (Å²) < 4.78 is 5.04. The first kappa shape index (κ1) is 16.1. The third-order valence-corrected chi connectivity index (χ3v) is 3.99. The highest BCUT2D eigenvalue weighted by molar-refractivity contribution is 7.15. The summed E-state index contributed by atoms with van der Waals surface area (Å²) >= 11 is 1.34. The SMILES string of the molecule is CCc1nnc(NC(=O)CCC(=O)c2ccc(OC)cc2)s1. The molecule has 0 aliphatic rings. The largest absolute Gasteiger partial charge is 0.497 e. The number of rotatable bonds is 7. The van der Waals surface area contributed by atoms with Crippen molar-refractivity contribution >= 4 is 28.2 Å². The second-order valence-corrected chi connectivity index (χ2v) is 5.62. The lowest BCUT2D eigenvalue weighted by Crippen LogP contribution is -2.13. The van der Waals surface area contributed by atoms with Gasteiger partial charge < -0.3 is 10.1 Å². The smallest absolute Gasteiger partial charge is 0.226 e. The van der Waals surface area contributed by atoms with Crippen molar-refractivity contribution in [3.8, 4) is 5.75 Å². The Morgan fingerprint density at radius 2 is 1.91 bits per heavy atom. The minimum Gasteiger partial charge on any atom is -0.497 e. The highest BCUT2D eigenvalue weighted by Crippen LogP contribution is 2.16. The number of nitrogens with one attached hydrogen (secondary N) is 1. The Bertz CT molecular complexity index is 652. The average Bonchev–Trinajstić information content (AvgIpc) is 3.00. The first-order valence-corrected chi connectivity index (χ1v) is 7.73. The van der Waals surface area contributed by atoms with Crippen LogP contribution >= 0.6 is 11.3 Å². The molecule has 0 radical (unpaired) electrons. The number of Topliss-reactive ketones (excluding diaryl/α,β-unsaturated/α-hetero) is 1. The molecule has 0 aliphatic carbocycles. The zero-order valence-electron chi connectivity index (χ0n) is 12.5. The maximum absolute atomic E-state index is 12.0. The monoisotopic (exact) mass is 319 g/mol. The number of aromatic nitrogens is 2. The summed E-state index contributed by atoms with van der Waals surface area (Å²) in [6, 6.07) is 6.83. The standard InChI is InChI=1S/C15H17N3O3S/c1-3-14-17-18-15(22-14)16-13(20)9-8-12(19)10-4-6-11(21-2)7-5-10/h4-7H,3,8-9H2,1-2H3,(H,16,18,20). The van der Waals surface area contributed by atoms with E-state index in [4.69, 9.17) is 4.74 Å². The van der Waals surface area contributed by atoms with E-state index in [1.54, 1.807) is 31.4 Å². The molecule has 2 rings (SSSR count). The maximum atomic E-state index is 12.0. The second kappa shape index (κ2) is 7.65. The van der Waals surface area contributed by atoms with Gasteiger partial charge >= 0.3 is 0 Å². The molecule has 7 heteroatoms. The van der Waals surface area contributed by atoms with Gasteiger partial charge in [0.25, 0.3) is 0 Å². The van der Waals surface area contributed by atoms with Crippen molar-refractivity contribution in [1.29, 1.82) is 0 Å². The highest BCUT2D eigenvalue weighted by atomic mass is 32.1. The lowest BCUT2D eigenvalue weighted by molar-refractivity contribution is -0.116. The maximum Gasteiger partial charge on any atom is 0.226 e. The van der Waals surface area contributed by atoms with Crippen molar-refractivity contribution in [2.45, 2.75) is 26.2 Å². The van der Waals surface area contributed by atoms with Gasteiger partial charge in [0.15, 0.2) is 5.78 Å². The van der Waals surface area contributed by atoms with Crippen LogP contribution in [0.3, 0.4) is 0 Å². The van der Waals surface area contributed by atoms with Gasteiger partial charge in [0.2, 0.25) is 11.0 Å². The average molecular weight is 319 g/mol. The molecule has 0 saturated heterocycles. The van der Waals surface area contributed by atoms with E-state index in [9.17, 15) is 9.59 Å². The van der Waals surface area contributed by atoms with E-state index in [0.29, 0.717) is 16.4 Å². The molecule has 1 heterocycles. The number of amides is 1. The van der Waals surface area contributed by atoms with E-state index >= 15 is 0 Å². The van der Waals surface area contributed by atoms with Crippen LogP contribution in [-0.4, -0.2) is 29.0 Å². The molecule has 0 atom stereocenters. The number of methoxy groups -OCH3 is 1. The summed E-state index contributed by atoms with van der Waals surface area (Å²) in [5.41, 5.74) is 0.567. The molecule has 22 heavy (non-hydrogen) atoms. The van der Waals surface area contributed by atoms with Gasteiger partial charge in [0.1, 0.15) is 10.8 Å². The number of carbonyl (C=O) groups is 2. The number of aryl methyl sites for hydroxylation is 1. The zero-order valence-corrected chi connectivity index (χ0v) is 13.3. The first-order valence-electron chi connectivity index (χ1n) is 6.92. The van der Waals surface area contributed by atoms with Crippen LogP contribution < -0.4 is 10.1 Å². The van der Waals surface area contributed by atoms with Gasteiger partial charge in [-0.15, -0.1) is 10.2 Å². The number of hydrogen-bond acceptors (Lipinski definition) is 6. The van der Waals surface area contributed by atoms with Crippen LogP contribution in [-0.2, 0) is 11.2 Å². The molecule has 1 aromatic carbocycles. The molecule has 1 aromatic heterocycles. The van der Waals surface area contributed by atoms with Crippen LogP contribution in [0, 0.1) is 0 Å². The molecular weight excluding hydrogens is 302 g/mol. The van der Waals surface area contributed by atoms with Crippen LogP contribution in [0.2, 0.25) is 0 Å². The van der Waals surface area contributed by atoms with Crippen molar-refractivity contribution in [3.63, 3.8) is 0 Å². The fraction of sp³-hybridized carbons (Fsp3) is 0.333. The number of carbonyl (C=O) groups excluding carboxylic acids is 2. The van der Waals surface area contributed by atoms with Crippen molar-refractivity contribution in [2.75, 3.05) is 12.4 Å². The minimum absolute atomic E-state index is 0.0793. The Hall–Kier alpha value is -2.28. The lowest BCUT2D eigenvalue weighted by Gasteiger charge is -2.03. The van der Waals surface area contributed by atoms with E-state index in [-0.39, 0.29) is 24.5 Å². The van der Waals surface area contributed by atoms with Crippen LogP contribution in [0.25, 0.3) is 0 Å². The molecule has 0 unspecified atom stereocenters. The lowest BCUT2D eigenvalue weighted by atomic mass is 10.1. The molecule has 1 amide bonds. The third-order valence-electron chi connectivity index (χ3n) is 3.01. The van der Waals surface area contributed by atoms with Crippen molar-refractivity contribution in [1.82, 2.24) is 10.2 Å². The van der Waals surface area contributed by atoms with Gasteiger partial charge in [0.05, 0.1) is 7.11 Å². The normalized spacial score (nSPS) is 10.3. The van der Waals surface area contributed by atoms with Gasteiger partial charge in [-0.1, -0.05) is 18.3 Å². The topological polar surface area (TPSA) is 81.2 Å². The fourth-order valence-corrected chi connectivity index (χ4v) is 2.47. The Kier molecular flexibility index (Phi) is 5.60. The van der Waals surface area contributed by atoms with Gasteiger partial charge in [0, 0.05) is 18.4 Å². The van der Waals surface area contributed by atoms with Gasteiger partial charge in [-0.05, 0) is 30.7 Å². The van der Waals surface area contributed by atoms with Gasteiger partial charge in [-0.25, -0.2) is 0 Å². The number of ether oxygens (including phenoxy) is 1. The molecule has 6 nitrogen and oxygen atoms in total. The van der Waals surface area contributed by atoms with E-state index in [2.05, 4.69) is 15.5 Å². The van der Waals surface area contributed by atoms with Crippen LogP contribution in [0.15, 0.2) is 24.3 Å². The number of anilines is 1. The highest BCUT2D eigenvalue weighted by Gasteiger charge is 2.11. The van der Waals surface area contributed by atoms with E-state index < -0.39 is 0 Å². The van der Waals surface area contributed by atoms with Crippen LogP contribution in [0.5, 0.6) is 5.75 Å². The zero-order chi connectivity index (χ0) is 15.9. The molecule has 0 spiro atoms. The van der Waals surface area contributed by atoms with E-state index in [1.165, 1.54) is 11.3 Å². The molecule has 116 valence electrons. The van der Waals surface area contributed by atoms with E-state index in [0.717, 1.165) is 11.4 Å². The Labute approximate surface area is 132 Å². The molecule has 0 aliphatic heterocycles. The summed E-state index contributed by atoms with van der Waals surface area (Å²) in [4.78, 5) is 23.8. The summed E-state index contributed by atoms with van der Waals surface area (Å²) in [7, 11) is 1.57. The van der Waals surface area contributed by atoms with Crippen LogP contribution in [0.4, 0.5) is 5.13 Å². The van der Waals surface area contributed by atoms with Crippen molar-refractivity contribution in [2.24, 2.45) is 0 Å². The second-order valence-electron chi connectivity index (χ2n) is 4.55. The summed E-state index contributed by atoms with van der Waals surface area (Å²) in [6.07, 6.45) is 1.05. The molecule has 2 aromatic rings. The quantitative estimate of drug-likeness (QED) is 0.794. The Morgan fingerprint density at radius 1 is 1.18 bits per heavy atom. The number of hydrogen-bond donors (Lipinski definition) is 1. The number of ketones is 1. The molecule has 1 N–H and O–H groups in total. The minimum atomic E-state index is -0.235. The van der Waals surface area contributed by atoms with Gasteiger partial charge in [-0.2, -0.15) is 0 Å². The summed E-state index contributed by atoms with van der Waals surface area (Å²) in [5.74, 6) is 0.377. The van der Waals surface area contributed by atoms with E-state index in [1.807, 2.05) is 6.92 Å². The predicted molar refractivity (Wildman–Crippen MR) is 84.5 cm³/mol. The number of nitrogens with zero attached hydrogens (tertiary/aromatic N) is 2. The summed E-state index contributed by atoms with van der Waals surface area (Å²) in [5, 5.41) is 11.8. The fourth-order valence-electron chi connectivity index (χ4n) is 1.78.